The topological polar surface area (TPSA) is 70.8 Å². The number of benzene rings is 3. The molecular weight excluding hydrogens is 526 g/mol. The molecule has 0 aliphatic rings. The van der Waals surface area contributed by atoms with Crippen LogP contribution in [0.1, 0.15) is 60.9 Å². The quantitative estimate of drug-likeness (QED) is 0.153. The molecule has 3 aromatic carbocycles. The van der Waals surface area contributed by atoms with Gasteiger partial charge in [0.1, 0.15) is 17.3 Å². The lowest BCUT2D eigenvalue weighted by Gasteiger charge is -2.23. The molecule has 210 valence electrons. The van der Waals surface area contributed by atoms with E-state index in [1.807, 2.05) is 49.4 Å². The van der Waals surface area contributed by atoms with Crippen LogP contribution in [0.25, 0.3) is 11.5 Å². The van der Waals surface area contributed by atoms with Crippen LogP contribution in [-0.4, -0.2) is 24.7 Å². The maximum atomic E-state index is 12.8. The maximum Gasteiger partial charge on any atom is 0.351 e. The van der Waals surface area contributed by atoms with E-state index in [1.165, 1.54) is 7.11 Å². The number of hydrogen-bond acceptors (Lipinski definition) is 6. The summed E-state index contributed by atoms with van der Waals surface area (Å²) in [5.41, 5.74) is 4.50. The number of aryl methyl sites for hydroxylation is 3. The van der Waals surface area contributed by atoms with Crippen LogP contribution in [0, 0.1) is 6.92 Å². The Morgan fingerprint density at radius 3 is 2.20 bits per heavy atom. The van der Waals surface area contributed by atoms with Gasteiger partial charge >= 0.3 is 5.97 Å². The van der Waals surface area contributed by atoms with Gasteiger partial charge in [-0.05, 0) is 67.3 Å². The Kier molecular flexibility index (Phi) is 10.3. The molecule has 1 atom stereocenters. The van der Waals surface area contributed by atoms with Gasteiger partial charge in [0.25, 0.3) is 0 Å². The lowest BCUT2D eigenvalue weighted by atomic mass is 10.0. The summed E-state index contributed by atoms with van der Waals surface area (Å²) in [6, 6.07) is 21.0. The number of oxazole rings is 1. The van der Waals surface area contributed by atoms with Crippen molar-refractivity contribution in [2.75, 3.05) is 13.7 Å². The summed E-state index contributed by atoms with van der Waals surface area (Å²) in [6.07, 6.45) is 3.09. The Hall–Kier alpha value is -3.77. The van der Waals surface area contributed by atoms with Crippen molar-refractivity contribution in [3.8, 4) is 23.0 Å². The van der Waals surface area contributed by atoms with E-state index >= 15 is 0 Å². The smallest absolute Gasteiger partial charge is 0.351 e. The van der Waals surface area contributed by atoms with E-state index in [0.717, 1.165) is 59.6 Å². The molecule has 0 aliphatic carbocycles. The van der Waals surface area contributed by atoms with Crippen molar-refractivity contribution in [2.45, 2.75) is 59.0 Å². The van der Waals surface area contributed by atoms with Gasteiger partial charge in [-0.2, -0.15) is 0 Å². The minimum absolute atomic E-state index is 0.453. The van der Waals surface area contributed by atoms with E-state index in [0.29, 0.717) is 35.3 Å². The molecule has 0 fully saturated rings. The molecule has 1 unspecified atom stereocenters. The van der Waals surface area contributed by atoms with E-state index in [-0.39, 0.29) is 0 Å². The van der Waals surface area contributed by atoms with Crippen LogP contribution < -0.4 is 9.47 Å². The van der Waals surface area contributed by atoms with Gasteiger partial charge in [0.05, 0.1) is 19.4 Å². The van der Waals surface area contributed by atoms with Gasteiger partial charge < -0.3 is 18.6 Å². The normalized spacial score (nSPS) is 11.7. The summed E-state index contributed by atoms with van der Waals surface area (Å²) in [7, 11) is 1.37. The van der Waals surface area contributed by atoms with E-state index < -0.39 is 12.1 Å². The van der Waals surface area contributed by atoms with Crippen LogP contribution in [0.2, 0.25) is 5.02 Å². The Morgan fingerprint density at radius 2 is 1.60 bits per heavy atom. The number of methoxy groups -OCH3 is 1. The van der Waals surface area contributed by atoms with Crippen LogP contribution in [0.4, 0.5) is 0 Å². The molecule has 0 saturated carbocycles. The van der Waals surface area contributed by atoms with Gasteiger partial charge in [-0.1, -0.05) is 68.6 Å². The summed E-state index contributed by atoms with van der Waals surface area (Å²) in [5, 5.41) is 0.587. The summed E-state index contributed by atoms with van der Waals surface area (Å²) in [6.45, 7) is 6.61. The second-order valence-corrected chi connectivity index (χ2v) is 10.1. The average Bonchev–Trinajstić information content (AvgIpc) is 3.34. The fraction of sp³-hybridized carbons (Fsp3) is 0.333. The van der Waals surface area contributed by atoms with Crippen LogP contribution >= 0.6 is 11.6 Å². The predicted octanol–water partition coefficient (Wildman–Crippen LogP) is 8.12. The monoisotopic (exact) mass is 561 g/mol. The Labute approximate surface area is 241 Å². The molecule has 0 saturated heterocycles. The Balaban J connectivity index is 1.56. The van der Waals surface area contributed by atoms with E-state index in [2.05, 4.69) is 13.8 Å². The standard InChI is InChI=1S/C33H36ClNO5/c1-5-10-25-20-28(38-19-18-29-22(3)39-32(35-29)24-12-8-7-9-13-24)21-26(11-6-2)30(25)40-31(33(36)37-4)23-14-16-27(34)17-15-23/h7-9,12-17,20-21,31H,5-6,10-11,18-19H2,1-4H3. The molecule has 4 rings (SSSR count). The molecule has 4 aromatic rings. The number of carbonyl (C=O) groups excluding carboxylic acids is 1. The molecule has 0 radical (unpaired) electrons. The third-order valence-electron chi connectivity index (χ3n) is 6.60. The first-order chi connectivity index (χ1) is 19.4. The van der Waals surface area contributed by atoms with Crippen LogP contribution in [0.3, 0.4) is 0 Å². The summed E-state index contributed by atoms with van der Waals surface area (Å²) in [5.74, 6) is 2.42. The van der Waals surface area contributed by atoms with Crippen molar-refractivity contribution >= 4 is 17.6 Å². The highest BCUT2D eigenvalue weighted by atomic mass is 35.5. The van der Waals surface area contributed by atoms with Crippen molar-refractivity contribution in [3.63, 3.8) is 0 Å². The number of hydrogen-bond donors (Lipinski definition) is 0. The van der Waals surface area contributed by atoms with E-state index in [9.17, 15) is 4.79 Å². The Morgan fingerprint density at radius 1 is 0.950 bits per heavy atom. The average molecular weight is 562 g/mol. The number of esters is 1. The molecule has 0 bridgehead atoms. The summed E-state index contributed by atoms with van der Waals surface area (Å²) >= 11 is 6.08. The highest BCUT2D eigenvalue weighted by molar-refractivity contribution is 6.30. The molecule has 1 heterocycles. The minimum Gasteiger partial charge on any atom is -0.493 e. The van der Waals surface area contributed by atoms with E-state index in [4.69, 9.17) is 35.2 Å². The van der Waals surface area contributed by atoms with Crippen molar-refractivity contribution in [3.05, 3.63) is 99.9 Å². The number of aromatic nitrogens is 1. The van der Waals surface area contributed by atoms with Crippen molar-refractivity contribution in [1.29, 1.82) is 0 Å². The summed E-state index contributed by atoms with van der Waals surface area (Å²) in [4.78, 5) is 17.5. The fourth-order valence-electron chi connectivity index (χ4n) is 4.61. The maximum absolute atomic E-state index is 12.8. The van der Waals surface area contributed by atoms with Crippen molar-refractivity contribution < 1.29 is 23.4 Å². The lowest BCUT2D eigenvalue weighted by molar-refractivity contribution is -0.149. The zero-order valence-corrected chi connectivity index (χ0v) is 24.3. The second kappa shape index (κ2) is 14.0. The largest absolute Gasteiger partial charge is 0.493 e. The number of halogens is 1. The second-order valence-electron chi connectivity index (χ2n) is 9.63. The molecule has 6 nitrogen and oxygen atoms in total. The fourth-order valence-corrected chi connectivity index (χ4v) is 4.74. The molecule has 0 N–H and O–H groups in total. The van der Waals surface area contributed by atoms with Crippen molar-refractivity contribution in [1.82, 2.24) is 4.98 Å². The lowest BCUT2D eigenvalue weighted by Crippen LogP contribution is -2.21. The first kappa shape index (κ1) is 29.2. The molecule has 7 heteroatoms. The van der Waals surface area contributed by atoms with Gasteiger partial charge in [0.15, 0.2) is 0 Å². The Bertz CT molecular complexity index is 1370. The van der Waals surface area contributed by atoms with Crippen LogP contribution in [0.5, 0.6) is 11.5 Å². The zero-order valence-electron chi connectivity index (χ0n) is 23.5. The molecular formula is C33H36ClNO5. The number of nitrogens with zero attached hydrogens (tertiary/aromatic N) is 1. The zero-order chi connectivity index (χ0) is 28.5. The highest BCUT2D eigenvalue weighted by Gasteiger charge is 2.26. The third kappa shape index (κ3) is 7.24. The van der Waals surface area contributed by atoms with Gasteiger partial charge in [0.2, 0.25) is 12.0 Å². The first-order valence-electron chi connectivity index (χ1n) is 13.7. The first-order valence-corrected chi connectivity index (χ1v) is 14.1. The van der Waals surface area contributed by atoms with E-state index in [1.54, 1.807) is 24.3 Å². The molecule has 0 aliphatic heterocycles. The van der Waals surface area contributed by atoms with Crippen molar-refractivity contribution in [2.24, 2.45) is 0 Å². The minimum atomic E-state index is -0.908. The van der Waals surface area contributed by atoms with Gasteiger partial charge in [0, 0.05) is 22.6 Å². The highest BCUT2D eigenvalue weighted by Crippen LogP contribution is 2.36. The van der Waals surface area contributed by atoms with Crippen LogP contribution in [0.15, 0.2) is 71.1 Å². The SMILES string of the molecule is CCCc1cc(OCCc2nc(-c3ccccc3)oc2C)cc(CCC)c1OC(C(=O)OC)c1ccc(Cl)cc1. The predicted molar refractivity (Wildman–Crippen MR) is 157 cm³/mol. The third-order valence-corrected chi connectivity index (χ3v) is 6.85. The van der Waals surface area contributed by atoms with Crippen LogP contribution in [-0.2, 0) is 28.8 Å². The van der Waals surface area contributed by atoms with Gasteiger partial charge in [-0.15, -0.1) is 0 Å². The summed E-state index contributed by atoms with van der Waals surface area (Å²) < 4.78 is 23.7. The molecule has 1 aromatic heterocycles. The molecule has 0 amide bonds. The van der Waals surface area contributed by atoms with Gasteiger partial charge in [-0.3, -0.25) is 0 Å². The number of ether oxygens (including phenoxy) is 3. The molecule has 0 spiro atoms. The number of carbonyl (C=O) groups is 1. The van der Waals surface area contributed by atoms with Gasteiger partial charge in [-0.25, -0.2) is 9.78 Å². The number of rotatable bonds is 13. The molecule has 40 heavy (non-hydrogen) atoms.